The third-order valence-electron chi connectivity index (χ3n) is 2.15. The summed E-state index contributed by atoms with van der Waals surface area (Å²) in [6.07, 6.45) is -10.6. The number of benzene rings is 1. The predicted octanol–water partition coefficient (Wildman–Crippen LogP) is 3.95. The fourth-order valence-corrected chi connectivity index (χ4v) is 1.54. The first-order valence-corrected chi connectivity index (χ1v) is 5.60. The maximum atomic E-state index is 12.7. The lowest BCUT2D eigenvalue weighted by Crippen LogP contribution is -2.18. The number of hydrogen-bond acceptors (Lipinski definition) is 2. The lowest BCUT2D eigenvalue weighted by atomic mass is 10.0. The Labute approximate surface area is 114 Å². The fraction of sp³-hybridized carbons (Fsp3) is 0.364. The smallest absolute Gasteiger partial charge is 0.406 e. The van der Waals surface area contributed by atoms with Crippen LogP contribution >= 0.6 is 11.6 Å². The second-order valence-electron chi connectivity index (χ2n) is 3.71. The molecule has 0 saturated heterocycles. The van der Waals surface area contributed by atoms with Crippen LogP contribution < -0.4 is 4.74 Å². The minimum absolute atomic E-state index is 0.428. The zero-order valence-electron chi connectivity index (χ0n) is 9.61. The third-order valence-corrected chi connectivity index (χ3v) is 2.45. The number of ether oxygens (including phenoxy) is 1. The van der Waals surface area contributed by atoms with Crippen molar-refractivity contribution in [3.05, 3.63) is 29.3 Å². The normalized spacial score (nSPS) is 12.3. The lowest BCUT2D eigenvalue weighted by Gasteiger charge is -2.15. The van der Waals surface area contributed by atoms with Crippen molar-refractivity contribution >= 4 is 17.4 Å². The molecule has 0 aliphatic heterocycles. The number of carbonyl (C=O) groups excluding carboxylic acids is 1. The van der Waals surface area contributed by atoms with Gasteiger partial charge in [-0.05, 0) is 23.8 Å². The van der Waals surface area contributed by atoms with Gasteiger partial charge in [0.05, 0.1) is 11.4 Å². The minimum Gasteiger partial charge on any atom is -0.406 e. The molecular weight excluding hydrogens is 314 g/mol. The van der Waals surface area contributed by atoms with Crippen molar-refractivity contribution in [2.75, 3.05) is 5.88 Å². The molecule has 0 aliphatic rings. The number of Topliss-reactive ketones (excluding diaryl/α,β-unsaturated/α-hetero) is 1. The lowest BCUT2D eigenvalue weighted by molar-refractivity contribution is -0.274. The van der Waals surface area contributed by atoms with Crippen LogP contribution in [-0.2, 0) is 17.4 Å². The molecule has 112 valence electrons. The fourth-order valence-electron chi connectivity index (χ4n) is 1.45. The van der Waals surface area contributed by atoms with Gasteiger partial charge in [-0.1, -0.05) is 0 Å². The Morgan fingerprint density at radius 3 is 2.20 bits per heavy atom. The van der Waals surface area contributed by atoms with E-state index in [0.29, 0.717) is 18.2 Å². The molecular formula is C11H7ClF6O2. The van der Waals surface area contributed by atoms with E-state index in [4.69, 9.17) is 11.6 Å². The molecule has 20 heavy (non-hydrogen) atoms. The van der Waals surface area contributed by atoms with Gasteiger partial charge >= 0.3 is 12.5 Å². The van der Waals surface area contributed by atoms with Gasteiger partial charge in [0.2, 0.25) is 0 Å². The van der Waals surface area contributed by atoms with E-state index >= 15 is 0 Å². The molecule has 0 spiro atoms. The predicted molar refractivity (Wildman–Crippen MR) is 57.6 cm³/mol. The summed E-state index contributed by atoms with van der Waals surface area (Å²) in [4.78, 5) is 11.1. The van der Waals surface area contributed by atoms with E-state index in [0.717, 1.165) is 0 Å². The first-order chi connectivity index (χ1) is 9.03. The second kappa shape index (κ2) is 5.90. The maximum Gasteiger partial charge on any atom is 0.573 e. The molecule has 0 N–H and O–H groups in total. The summed E-state index contributed by atoms with van der Waals surface area (Å²) >= 11 is 5.17. The number of rotatable bonds is 4. The van der Waals surface area contributed by atoms with Gasteiger partial charge in [0.15, 0.2) is 5.78 Å². The minimum atomic E-state index is -5.03. The summed E-state index contributed by atoms with van der Waals surface area (Å²) in [6, 6.07) is 1.49. The molecule has 0 aliphatic carbocycles. The number of alkyl halides is 7. The van der Waals surface area contributed by atoms with Gasteiger partial charge in [-0.3, -0.25) is 4.79 Å². The number of carbonyl (C=O) groups is 1. The van der Waals surface area contributed by atoms with Crippen molar-refractivity contribution in [1.82, 2.24) is 0 Å². The maximum absolute atomic E-state index is 12.7. The van der Waals surface area contributed by atoms with Gasteiger partial charge in [0.25, 0.3) is 0 Å². The third kappa shape index (κ3) is 4.92. The molecule has 1 aromatic carbocycles. The van der Waals surface area contributed by atoms with Crippen LogP contribution in [0.5, 0.6) is 5.75 Å². The van der Waals surface area contributed by atoms with Crippen LogP contribution in [-0.4, -0.2) is 18.0 Å². The zero-order valence-corrected chi connectivity index (χ0v) is 10.4. The first-order valence-electron chi connectivity index (χ1n) is 5.06. The van der Waals surface area contributed by atoms with Crippen LogP contribution in [0.4, 0.5) is 26.3 Å². The molecule has 0 fully saturated rings. The standard InChI is InChI=1S/C11H7ClF6O2/c12-5-7(19)3-6-4-8(20-11(16,17)18)1-2-9(6)10(13,14)15/h1-2,4H,3,5H2. The molecule has 9 heteroatoms. The highest BCUT2D eigenvalue weighted by atomic mass is 35.5. The Morgan fingerprint density at radius 2 is 1.75 bits per heavy atom. The first kappa shape index (κ1) is 16.6. The van der Waals surface area contributed by atoms with E-state index in [1.807, 2.05) is 0 Å². The van der Waals surface area contributed by atoms with Crippen molar-refractivity contribution < 1.29 is 35.9 Å². The van der Waals surface area contributed by atoms with Crippen LogP contribution in [0.1, 0.15) is 11.1 Å². The van der Waals surface area contributed by atoms with Gasteiger partial charge in [-0.15, -0.1) is 24.8 Å². The second-order valence-corrected chi connectivity index (χ2v) is 3.98. The van der Waals surface area contributed by atoms with Crippen LogP contribution in [0.2, 0.25) is 0 Å². The average molecular weight is 321 g/mol. The van der Waals surface area contributed by atoms with E-state index in [9.17, 15) is 31.1 Å². The van der Waals surface area contributed by atoms with Crippen molar-refractivity contribution in [2.45, 2.75) is 19.0 Å². The molecule has 0 saturated carbocycles. The van der Waals surface area contributed by atoms with Gasteiger partial charge in [0.1, 0.15) is 5.75 Å². The summed E-state index contributed by atoms with van der Waals surface area (Å²) in [7, 11) is 0. The Bertz CT molecular complexity index is 495. The van der Waals surface area contributed by atoms with Crippen LogP contribution in [0.15, 0.2) is 18.2 Å². The highest BCUT2D eigenvalue weighted by Crippen LogP contribution is 2.35. The SMILES string of the molecule is O=C(CCl)Cc1cc(OC(F)(F)F)ccc1C(F)(F)F. The van der Waals surface area contributed by atoms with Crippen LogP contribution in [0, 0.1) is 0 Å². The monoisotopic (exact) mass is 320 g/mol. The van der Waals surface area contributed by atoms with Crippen LogP contribution in [0.3, 0.4) is 0 Å². The van der Waals surface area contributed by atoms with Gasteiger partial charge in [0, 0.05) is 6.42 Å². The largest absolute Gasteiger partial charge is 0.573 e. The van der Waals surface area contributed by atoms with Crippen molar-refractivity contribution in [1.29, 1.82) is 0 Å². The van der Waals surface area contributed by atoms with E-state index in [-0.39, 0.29) is 0 Å². The molecule has 1 aromatic rings. The topological polar surface area (TPSA) is 26.3 Å². The molecule has 0 amide bonds. The molecule has 0 atom stereocenters. The molecule has 0 radical (unpaired) electrons. The number of halogens is 7. The molecule has 0 bridgehead atoms. The summed E-state index contributed by atoms with van der Waals surface area (Å²) in [5.74, 6) is -2.12. The molecule has 0 heterocycles. The van der Waals surface area contributed by atoms with Crippen molar-refractivity contribution in [3.63, 3.8) is 0 Å². The van der Waals surface area contributed by atoms with E-state index in [1.165, 1.54) is 0 Å². The highest BCUT2D eigenvalue weighted by Gasteiger charge is 2.35. The summed E-state index contributed by atoms with van der Waals surface area (Å²) in [5.41, 5.74) is -1.82. The number of ketones is 1. The Morgan fingerprint density at radius 1 is 1.15 bits per heavy atom. The van der Waals surface area contributed by atoms with E-state index in [1.54, 1.807) is 0 Å². The van der Waals surface area contributed by atoms with Crippen molar-refractivity contribution in [2.24, 2.45) is 0 Å². The molecule has 1 rings (SSSR count). The molecule has 2 nitrogen and oxygen atoms in total. The summed E-state index contributed by atoms with van der Waals surface area (Å²) in [6.45, 7) is 0. The summed E-state index contributed by atoms with van der Waals surface area (Å²) in [5, 5.41) is 0. The van der Waals surface area contributed by atoms with Gasteiger partial charge in [-0.25, -0.2) is 0 Å². The Hall–Kier alpha value is -1.44. The molecule has 0 unspecified atom stereocenters. The van der Waals surface area contributed by atoms with Gasteiger partial charge < -0.3 is 4.74 Å². The quantitative estimate of drug-likeness (QED) is 0.620. The van der Waals surface area contributed by atoms with E-state index < -0.39 is 47.5 Å². The Kier molecular flexibility index (Phi) is 4.90. The van der Waals surface area contributed by atoms with Gasteiger partial charge in [-0.2, -0.15) is 13.2 Å². The van der Waals surface area contributed by atoms with Crippen LogP contribution in [0.25, 0.3) is 0 Å². The highest BCUT2D eigenvalue weighted by molar-refractivity contribution is 6.27. The van der Waals surface area contributed by atoms with Crippen molar-refractivity contribution in [3.8, 4) is 5.75 Å². The van der Waals surface area contributed by atoms with E-state index in [2.05, 4.69) is 4.74 Å². The average Bonchev–Trinajstić information content (AvgIpc) is 2.25. The number of hydrogen-bond donors (Lipinski definition) is 0. The summed E-state index contributed by atoms with van der Waals surface area (Å²) < 4.78 is 77.5. The Balaban J connectivity index is 3.18. The molecule has 0 aromatic heterocycles. The zero-order chi connectivity index (χ0) is 15.6.